The maximum absolute atomic E-state index is 11.1. The van der Waals surface area contributed by atoms with Crippen LogP contribution in [0.2, 0.25) is 0 Å². The van der Waals surface area contributed by atoms with E-state index >= 15 is 0 Å². The molecular formula is C11H7N3O3. The smallest absolute Gasteiger partial charge is 0.356 e. The summed E-state index contributed by atoms with van der Waals surface area (Å²) in [5, 5.41) is 13.1. The molecular weight excluding hydrogens is 222 g/mol. The maximum atomic E-state index is 11.1. The second-order valence-electron chi connectivity index (χ2n) is 3.39. The van der Waals surface area contributed by atoms with Crippen LogP contribution in [0.15, 0.2) is 41.1 Å². The first-order chi connectivity index (χ1) is 8.27. The third-order valence-electron chi connectivity index (χ3n) is 2.36. The van der Waals surface area contributed by atoms with Gasteiger partial charge in [0.25, 0.3) is 0 Å². The average Bonchev–Trinajstić information content (AvgIpc) is 2.95. The van der Waals surface area contributed by atoms with E-state index in [-0.39, 0.29) is 5.69 Å². The van der Waals surface area contributed by atoms with E-state index in [1.165, 1.54) is 10.8 Å². The van der Waals surface area contributed by atoms with Crippen LogP contribution in [0.25, 0.3) is 17.1 Å². The van der Waals surface area contributed by atoms with Crippen LogP contribution in [0.1, 0.15) is 10.5 Å². The summed E-state index contributed by atoms with van der Waals surface area (Å²) >= 11 is 0. The van der Waals surface area contributed by atoms with E-state index in [1.54, 1.807) is 30.5 Å². The minimum absolute atomic E-state index is 0.0375. The summed E-state index contributed by atoms with van der Waals surface area (Å²) in [6.07, 6.45) is 3.06. The fourth-order valence-corrected chi connectivity index (χ4v) is 1.65. The molecule has 0 aliphatic carbocycles. The first kappa shape index (κ1) is 9.59. The molecule has 3 heterocycles. The average molecular weight is 229 g/mol. The van der Waals surface area contributed by atoms with E-state index in [1.807, 2.05) is 0 Å². The summed E-state index contributed by atoms with van der Waals surface area (Å²) in [5.41, 5.74) is 0.399. The molecule has 6 nitrogen and oxygen atoms in total. The monoisotopic (exact) mass is 229 g/mol. The number of imidazole rings is 1. The Balaban J connectivity index is 2.37. The number of hydrogen-bond donors (Lipinski definition) is 1. The Kier molecular flexibility index (Phi) is 1.94. The number of fused-ring (bicyclic) bond motifs is 1. The van der Waals surface area contributed by atoms with Crippen molar-refractivity contribution in [1.29, 1.82) is 0 Å². The number of carboxylic acid groups (broad SMARTS) is 1. The van der Waals surface area contributed by atoms with Gasteiger partial charge in [0.15, 0.2) is 17.3 Å². The molecule has 3 aromatic heterocycles. The molecule has 17 heavy (non-hydrogen) atoms. The highest BCUT2D eigenvalue weighted by Gasteiger charge is 2.19. The zero-order valence-electron chi connectivity index (χ0n) is 8.57. The van der Waals surface area contributed by atoms with Crippen LogP contribution < -0.4 is 0 Å². The lowest BCUT2D eigenvalue weighted by Crippen LogP contribution is -1.97. The first-order valence-corrected chi connectivity index (χ1v) is 4.88. The van der Waals surface area contributed by atoms with Gasteiger partial charge in [0.2, 0.25) is 0 Å². The second-order valence-corrected chi connectivity index (χ2v) is 3.39. The first-order valence-electron chi connectivity index (χ1n) is 4.88. The van der Waals surface area contributed by atoms with Gasteiger partial charge in [-0.05, 0) is 24.3 Å². The van der Waals surface area contributed by atoms with Gasteiger partial charge in [0.05, 0.1) is 6.26 Å². The molecule has 0 amide bonds. The van der Waals surface area contributed by atoms with E-state index in [0.29, 0.717) is 17.1 Å². The van der Waals surface area contributed by atoms with E-state index in [4.69, 9.17) is 9.52 Å². The Bertz CT molecular complexity index is 685. The molecule has 84 valence electrons. The number of furan rings is 1. The van der Waals surface area contributed by atoms with Crippen LogP contribution in [0.3, 0.4) is 0 Å². The Morgan fingerprint density at radius 2 is 2.24 bits per heavy atom. The minimum Gasteiger partial charge on any atom is -0.476 e. The van der Waals surface area contributed by atoms with Gasteiger partial charge in [-0.2, -0.15) is 5.10 Å². The molecule has 0 aromatic carbocycles. The number of hydrogen-bond acceptors (Lipinski definition) is 4. The van der Waals surface area contributed by atoms with Crippen molar-refractivity contribution >= 4 is 11.5 Å². The lowest BCUT2D eigenvalue weighted by molar-refractivity contribution is 0.0693. The topological polar surface area (TPSA) is 80.6 Å². The van der Waals surface area contributed by atoms with Crippen LogP contribution in [0.4, 0.5) is 0 Å². The molecule has 3 rings (SSSR count). The number of carbonyl (C=O) groups is 1. The van der Waals surface area contributed by atoms with Crippen LogP contribution in [-0.4, -0.2) is 25.7 Å². The van der Waals surface area contributed by atoms with Crippen molar-refractivity contribution in [3.05, 3.63) is 42.4 Å². The van der Waals surface area contributed by atoms with E-state index in [0.717, 1.165) is 0 Å². The van der Waals surface area contributed by atoms with Gasteiger partial charge in [-0.25, -0.2) is 14.3 Å². The van der Waals surface area contributed by atoms with Crippen molar-refractivity contribution in [3.8, 4) is 11.6 Å². The predicted molar refractivity (Wildman–Crippen MR) is 57.6 cm³/mol. The van der Waals surface area contributed by atoms with Crippen molar-refractivity contribution in [3.63, 3.8) is 0 Å². The molecule has 0 aliphatic rings. The van der Waals surface area contributed by atoms with Gasteiger partial charge >= 0.3 is 5.97 Å². The fraction of sp³-hybridized carbons (Fsp3) is 0. The molecule has 0 saturated heterocycles. The number of rotatable bonds is 2. The van der Waals surface area contributed by atoms with Gasteiger partial charge in [-0.1, -0.05) is 0 Å². The van der Waals surface area contributed by atoms with E-state index in [9.17, 15) is 4.79 Å². The van der Waals surface area contributed by atoms with E-state index in [2.05, 4.69) is 10.1 Å². The molecule has 0 spiro atoms. The van der Waals surface area contributed by atoms with Gasteiger partial charge in [-0.15, -0.1) is 0 Å². The molecule has 0 unspecified atom stereocenters. The minimum atomic E-state index is -1.09. The summed E-state index contributed by atoms with van der Waals surface area (Å²) in [4.78, 5) is 15.1. The number of nitrogens with zero attached hydrogens (tertiary/aromatic N) is 3. The maximum Gasteiger partial charge on any atom is 0.356 e. The van der Waals surface area contributed by atoms with Crippen LogP contribution in [0, 0.1) is 0 Å². The molecule has 3 aromatic rings. The van der Waals surface area contributed by atoms with Gasteiger partial charge in [0.1, 0.15) is 5.52 Å². The molecule has 0 bridgehead atoms. The molecule has 0 radical (unpaired) electrons. The summed E-state index contributed by atoms with van der Waals surface area (Å²) in [6, 6.07) is 6.72. The number of aromatic carboxylic acids is 1. The summed E-state index contributed by atoms with van der Waals surface area (Å²) < 4.78 is 6.65. The Labute approximate surface area is 95.1 Å². The van der Waals surface area contributed by atoms with Crippen molar-refractivity contribution in [2.24, 2.45) is 0 Å². The van der Waals surface area contributed by atoms with Crippen molar-refractivity contribution in [2.75, 3.05) is 0 Å². The molecule has 0 atom stereocenters. The molecule has 6 heteroatoms. The zero-order chi connectivity index (χ0) is 11.8. The largest absolute Gasteiger partial charge is 0.476 e. The third kappa shape index (κ3) is 1.38. The standard InChI is InChI=1S/C11H7N3O3/c15-11(16)9-7-3-1-5-12-14(7)10(13-9)8-4-2-6-17-8/h1-6H,(H,15,16). The lowest BCUT2D eigenvalue weighted by atomic mass is 10.3. The van der Waals surface area contributed by atoms with Crippen LogP contribution in [0.5, 0.6) is 0 Å². The fourth-order valence-electron chi connectivity index (χ4n) is 1.65. The Hall–Kier alpha value is -2.63. The summed E-state index contributed by atoms with van der Waals surface area (Å²) in [5.74, 6) is -0.234. The SMILES string of the molecule is O=C(O)c1nc(-c2ccco2)n2ncccc12. The molecule has 0 fully saturated rings. The third-order valence-corrected chi connectivity index (χ3v) is 2.36. The predicted octanol–water partition coefficient (Wildman–Crippen LogP) is 1.69. The van der Waals surface area contributed by atoms with Gasteiger partial charge < -0.3 is 9.52 Å². The highest BCUT2D eigenvalue weighted by atomic mass is 16.4. The Morgan fingerprint density at radius 3 is 2.94 bits per heavy atom. The Morgan fingerprint density at radius 1 is 1.35 bits per heavy atom. The zero-order valence-corrected chi connectivity index (χ0v) is 8.57. The van der Waals surface area contributed by atoms with Crippen molar-refractivity contribution in [1.82, 2.24) is 14.6 Å². The second kappa shape index (κ2) is 3.44. The highest BCUT2D eigenvalue weighted by molar-refractivity contribution is 5.94. The molecule has 0 saturated carbocycles. The van der Waals surface area contributed by atoms with Crippen LogP contribution in [-0.2, 0) is 0 Å². The number of carboxylic acids is 1. The quantitative estimate of drug-likeness (QED) is 0.723. The van der Waals surface area contributed by atoms with E-state index < -0.39 is 5.97 Å². The lowest BCUT2D eigenvalue weighted by Gasteiger charge is -1.94. The van der Waals surface area contributed by atoms with Gasteiger partial charge in [0, 0.05) is 6.20 Å². The van der Waals surface area contributed by atoms with Gasteiger partial charge in [-0.3, -0.25) is 0 Å². The molecule has 0 aliphatic heterocycles. The van der Waals surface area contributed by atoms with Crippen LogP contribution >= 0.6 is 0 Å². The normalized spacial score (nSPS) is 10.8. The van der Waals surface area contributed by atoms with Crippen molar-refractivity contribution < 1.29 is 14.3 Å². The van der Waals surface area contributed by atoms with Crippen molar-refractivity contribution in [2.45, 2.75) is 0 Å². The highest BCUT2D eigenvalue weighted by Crippen LogP contribution is 2.21. The molecule has 1 N–H and O–H groups in total. The summed E-state index contributed by atoms with van der Waals surface area (Å²) in [6.45, 7) is 0. The number of aromatic nitrogens is 3. The summed E-state index contributed by atoms with van der Waals surface area (Å²) in [7, 11) is 0.